The molecule has 0 radical (unpaired) electrons. The zero-order valence-electron chi connectivity index (χ0n) is 11.8. The summed E-state index contributed by atoms with van der Waals surface area (Å²) < 4.78 is 0. The van der Waals surface area contributed by atoms with Crippen LogP contribution in [0.4, 0.5) is 5.69 Å². The van der Waals surface area contributed by atoms with E-state index in [-0.39, 0.29) is 4.83 Å². The first kappa shape index (κ1) is 14.6. The number of halogens is 1. The molecule has 0 fully saturated rings. The summed E-state index contributed by atoms with van der Waals surface area (Å²) in [7, 11) is 0. The molecule has 22 heavy (non-hydrogen) atoms. The van der Waals surface area contributed by atoms with E-state index in [1.54, 1.807) is 6.07 Å². The standard InChI is InChI=1S/C17H14BrN3O/c18-15-10-21(16-6-5-11(8-19)7-14(15)16)9-12-3-1-2-4-13(12)17(20)22/h1-7,15H,9-10H2,(H2,20,22). The Morgan fingerprint density at radius 1 is 1.36 bits per heavy atom. The molecule has 1 aliphatic heterocycles. The van der Waals surface area contributed by atoms with Crippen LogP contribution in [0.1, 0.15) is 31.9 Å². The van der Waals surface area contributed by atoms with E-state index in [0.717, 1.165) is 23.4 Å². The number of nitrogens with zero attached hydrogens (tertiary/aromatic N) is 2. The van der Waals surface area contributed by atoms with Gasteiger partial charge in [0, 0.05) is 24.3 Å². The first-order chi connectivity index (χ1) is 10.6. The van der Waals surface area contributed by atoms with Crippen molar-refractivity contribution in [3.05, 3.63) is 64.7 Å². The van der Waals surface area contributed by atoms with Crippen LogP contribution in [0.3, 0.4) is 0 Å². The second-order valence-corrected chi connectivity index (χ2v) is 6.36. The molecule has 3 rings (SSSR count). The molecule has 5 heteroatoms. The summed E-state index contributed by atoms with van der Waals surface area (Å²) in [5, 5.41) is 9.02. The molecular formula is C17H14BrN3O. The molecule has 110 valence electrons. The zero-order valence-corrected chi connectivity index (χ0v) is 13.4. The summed E-state index contributed by atoms with van der Waals surface area (Å²) in [5.41, 5.74) is 9.75. The van der Waals surface area contributed by atoms with E-state index in [1.165, 1.54) is 0 Å². The van der Waals surface area contributed by atoms with Crippen molar-refractivity contribution in [1.29, 1.82) is 5.26 Å². The Morgan fingerprint density at radius 2 is 2.14 bits per heavy atom. The van der Waals surface area contributed by atoms with Gasteiger partial charge in [0.05, 0.1) is 16.5 Å². The maximum Gasteiger partial charge on any atom is 0.249 e. The van der Waals surface area contributed by atoms with Gasteiger partial charge in [0.25, 0.3) is 0 Å². The van der Waals surface area contributed by atoms with Gasteiger partial charge in [0.1, 0.15) is 0 Å². The number of rotatable bonds is 3. The second-order valence-electron chi connectivity index (χ2n) is 5.25. The minimum absolute atomic E-state index is 0.177. The van der Waals surface area contributed by atoms with Crippen molar-refractivity contribution in [3.8, 4) is 6.07 Å². The van der Waals surface area contributed by atoms with Crippen molar-refractivity contribution in [3.63, 3.8) is 0 Å². The molecule has 4 nitrogen and oxygen atoms in total. The monoisotopic (exact) mass is 355 g/mol. The van der Waals surface area contributed by atoms with Crippen LogP contribution in [0.2, 0.25) is 0 Å². The molecule has 0 saturated carbocycles. The summed E-state index contributed by atoms with van der Waals surface area (Å²) in [6.45, 7) is 1.40. The van der Waals surface area contributed by atoms with E-state index in [4.69, 9.17) is 11.0 Å². The van der Waals surface area contributed by atoms with Gasteiger partial charge in [-0.3, -0.25) is 4.79 Å². The minimum atomic E-state index is -0.412. The molecule has 2 aromatic carbocycles. The maximum atomic E-state index is 11.5. The molecular weight excluding hydrogens is 342 g/mol. The summed E-state index contributed by atoms with van der Waals surface area (Å²) in [4.78, 5) is 13.9. The maximum absolute atomic E-state index is 11.5. The van der Waals surface area contributed by atoms with E-state index < -0.39 is 5.91 Å². The topological polar surface area (TPSA) is 70.1 Å². The Kier molecular flexibility index (Phi) is 3.86. The summed E-state index contributed by atoms with van der Waals surface area (Å²) in [6, 6.07) is 15.2. The minimum Gasteiger partial charge on any atom is -0.366 e. The lowest BCUT2D eigenvalue weighted by molar-refractivity contribution is 0.0999. The third-order valence-electron chi connectivity index (χ3n) is 3.86. The highest BCUT2D eigenvalue weighted by Crippen LogP contribution is 2.41. The third kappa shape index (κ3) is 2.58. The molecule has 2 aromatic rings. The van der Waals surface area contributed by atoms with Crippen molar-refractivity contribution in [2.75, 3.05) is 11.4 Å². The van der Waals surface area contributed by atoms with Crippen LogP contribution in [0.5, 0.6) is 0 Å². The van der Waals surface area contributed by atoms with Crippen molar-refractivity contribution in [2.45, 2.75) is 11.4 Å². The van der Waals surface area contributed by atoms with Crippen LogP contribution in [0.25, 0.3) is 0 Å². The summed E-state index contributed by atoms with van der Waals surface area (Å²) >= 11 is 3.66. The molecule has 2 N–H and O–H groups in total. The predicted octanol–water partition coefficient (Wildman–Crippen LogP) is 3.11. The molecule has 1 amide bonds. The molecule has 1 unspecified atom stereocenters. The lowest BCUT2D eigenvalue weighted by Gasteiger charge is -2.20. The number of hydrogen-bond acceptors (Lipinski definition) is 3. The number of carbonyl (C=O) groups is 1. The van der Waals surface area contributed by atoms with Crippen LogP contribution < -0.4 is 10.6 Å². The van der Waals surface area contributed by atoms with Crippen LogP contribution in [0.15, 0.2) is 42.5 Å². The Labute approximate surface area is 137 Å². The van der Waals surface area contributed by atoms with Gasteiger partial charge in [-0.1, -0.05) is 34.1 Å². The Hall–Kier alpha value is -2.32. The highest BCUT2D eigenvalue weighted by Gasteiger charge is 2.27. The van der Waals surface area contributed by atoms with Gasteiger partial charge in [-0.05, 0) is 35.4 Å². The Balaban J connectivity index is 1.94. The third-order valence-corrected chi connectivity index (χ3v) is 4.64. The fourth-order valence-electron chi connectivity index (χ4n) is 2.81. The largest absolute Gasteiger partial charge is 0.366 e. The number of amides is 1. The number of alkyl halides is 1. The lowest BCUT2D eigenvalue weighted by Crippen LogP contribution is -2.23. The van der Waals surface area contributed by atoms with Gasteiger partial charge in [0.2, 0.25) is 5.91 Å². The average molecular weight is 356 g/mol. The number of primary amides is 1. The van der Waals surface area contributed by atoms with Gasteiger partial charge in [-0.15, -0.1) is 0 Å². The molecule has 0 spiro atoms. The Bertz CT molecular complexity index is 782. The molecule has 1 atom stereocenters. The van der Waals surface area contributed by atoms with Crippen molar-refractivity contribution in [1.82, 2.24) is 0 Å². The van der Waals surface area contributed by atoms with E-state index in [1.807, 2.05) is 36.4 Å². The van der Waals surface area contributed by atoms with Crippen molar-refractivity contribution >= 4 is 27.5 Å². The van der Waals surface area contributed by atoms with E-state index in [9.17, 15) is 4.79 Å². The number of fused-ring (bicyclic) bond motifs is 1. The van der Waals surface area contributed by atoms with Gasteiger partial charge >= 0.3 is 0 Å². The van der Waals surface area contributed by atoms with Gasteiger partial charge in [-0.2, -0.15) is 5.26 Å². The summed E-state index contributed by atoms with van der Waals surface area (Å²) in [6.07, 6.45) is 0. The smallest absolute Gasteiger partial charge is 0.249 e. The lowest BCUT2D eigenvalue weighted by atomic mass is 10.1. The molecule has 1 aliphatic rings. The number of benzene rings is 2. The number of carbonyl (C=O) groups excluding carboxylic acids is 1. The van der Waals surface area contributed by atoms with Crippen molar-refractivity contribution < 1.29 is 4.79 Å². The fraction of sp³-hybridized carbons (Fsp3) is 0.176. The van der Waals surface area contributed by atoms with Gasteiger partial charge < -0.3 is 10.6 Å². The first-order valence-corrected chi connectivity index (χ1v) is 7.82. The molecule has 1 heterocycles. The first-order valence-electron chi connectivity index (χ1n) is 6.91. The fourth-order valence-corrected chi connectivity index (χ4v) is 3.52. The molecule has 0 bridgehead atoms. The van der Waals surface area contributed by atoms with Gasteiger partial charge in [0.15, 0.2) is 0 Å². The van der Waals surface area contributed by atoms with E-state index in [2.05, 4.69) is 26.9 Å². The van der Waals surface area contributed by atoms with E-state index >= 15 is 0 Å². The number of nitriles is 1. The number of anilines is 1. The molecule has 0 aromatic heterocycles. The van der Waals surface area contributed by atoms with Crippen LogP contribution in [0, 0.1) is 11.3 Å². The normalized spacial score (nSPS) is 16.2. The summed E-state index contributed by atoms with van der Waals surface area (Å²) in [5.74, 6) is -0.412. The van der Waals surface area contributed by atoms with Crippen molar-refractivity contribution in [2.24, 2.45) is 5.73 Å². The van der Waals surface area contributed by atoms with Crippen LogP contribution in [-0.2, 0) is 6.54 Å². The van der Waals surface area contributed by atoms with E-state index in [0.29, 0.717) is 17.7 Å². The number of hydrogen-bond donors (Lipinski definition) is 1. The predicted molar refractivity (Wildman–Crippen MR) is 88.8 cm³/mol. The SMILES string of the molecule is N#Cc1ccc2c(c1)C(Br)CN2Cc1ccccc1C(N)=O. The Morgan fingerprint density at radius 3 is 2.86 bits per heavy atom. The van der Waals surface area contributed by atoms with Crippen LogP contribution in [-0.4, -0.2) is 12.5 Å². The van der Waals surface area contributed by atoms with Crippen LogP contribution >= 0.6 is 15.9 Å². The highest BCUT2D eigenvalue weighted by molar-refractivity contribution is 9.09. The average Bonchev–Trinajstić information content (AvgIpc) is 2.83. The molecule has 0 aliphatic carbocycles. The highest BCUT2D eigenvalue weighted by atomic mass is 79.9. The number of nitrogens with two attached hydrogens (primary N) is 1. The quantitative estimate of drug-likeness (QED) is 0.859. The molecule has 0 saturated heterocycles. The zero-order chi connectivity index (χ0) is 15.7. The van der Waals surface area contributed by atoms with Gasteiger partial charge in [-0.25, -0.2) is 0 Å². The second kappa shape index (κ2) is 5.82.